The predicted octanol–water partition coefficient (Wildman–Crippen LogP) is 2.31. The molecule has 2 saturated carbocycles. The Morgan fingerprint density at radius 3 is 2.30 bits per heavy atom. The van der Waals surface area contributed by atoms with Crippen molar-refractivity contribution < 1.29 is 43.7 Å². The molecule has 3 aliphatic rings. The number of fused-ring (bicyclic) bond motifs is 3. The van der Waals surface area contributed by atoms with Crippen molar-refractivity contribution in [3.8, 4) is 22.6 Å². The Morgan fingerprint density at radius 2 is 1.72 bits per heavy atom. The van der Waals surface area contributed by atoms with E-state index >= 15 is 0 Å². The maximum Gasteiger partial charge on any atom is 0.315 e. The summed E-state index contributed by atoms with van der Waals surface area (Å²) < 4.78 is 5.83. The maximum atomic E-state index is 14.5. The number of rotatable bonds is 7. The molecule has 0 bridgehead atoms. The summed E-state index contributed by atoms with van der Waals surface area (Å²) in [6, 6.07) is 6.76. The van der Waals surface area contributed by atoms with Crippen molar-refractivity contribution in [3.63, 3.8) is 0 Å². The molecule has 0 saturated heterocycles. The van der Waals surface area contributed by atoms with Crippen LogP contribution in [0, 0.1) is 22.7 Å². The third kappa shape index (κ3) is 5.56. The van der Waals surface area contributed by atoms with Crippen LogP contribution in [0.3, 0.4) is 0 Å². The molecular weight excluding hydrogens is 644 g/mol. The molecule has 3 aliphatic carbocycles. The number of amides is 3. The largest absolute Gasteiger partial charge is 0.507 e. The van der Waals surface area contributed by atoms with Crippen LogP contribution in [0.15, 0.2) is 30.3 Å². The number of Topliss-reactive ketones (excluding diaryl/α,β-unsaturated/α-hetero) is 4. The highest BCUT2D eigenvalue weighted by Crippen LogP contribution is 2.62. The van der Waals surface area contributed by atoms with Crippen molar-refractivity contribution in [2.45, 2.75) is 78.1 Å². The second-order valence-corrected chi connectivity index (χ2v) is 15.6. The van der Waals surface area contributed by atoms with Gasteiger partial charge in [-0.1, -0.05) is 26.0 Å². The summed E-state index contributed by atoms with van der Waals surface area (Å²) >= 11 is 0. The second-order valence-electron chi connectivity index (χ2n) is 15.6. The summed E-state index contributed by atoms with van der Waals surface area (Å²) in [4.78, 5) is 82.9. The minimum absolute atomic E-state index is 0.0659. The molecule has 5 rings (SSSR count). The third-order valence-corrected chi connectivity index (χ3v) is 10.5. The first-order chi connectivity index (χ1) is 23.1. The molecule has 13 heteroatoms. The normalized spacial score (nSPS) is 29.2. The van der Waals surface area contributed by atoms with Gasteiger partial charge in [-0.3, -0.25) is 28.9 Å². The van der Waals surface area contributed by atoms with E-state index in [1.54, 1.807) is 39.2 Å². The topological polar surface area (TPSA) is 205 Å². The Kier molecular flexibility index (Phi) is 9.02. The average Bonchev–Trinajstić information content (AvgIpc) is 2.97. The van der Waals surface area contributed by atoms with Crippen molar-refractivity contribution in [1.82, 2.24) is 15.5 Å². The van der Waals surface area contributed by atoms with Gasteiger partial charge in [0, 0.05) is 23.1 Å². The van der Waals surface area contributed by atoms with Crippen LogP contribution in [0.4, 0.5) is 4.79 Å². The van der Waals surface area contributed by atoms with E-state index in [1.165, 1.54) is 17.9 Å². The van der Waals surface area contributed by atoms with E-state index < -0.39 is 68.9 Å². The summed E-state index contributed by atoms with van der Waals surface area (Å²) in [5.74, 6) is -8.79. The number of ether oxygens (including phenoxy) is 1. The smallest absolute Gasteiger partial charge is 0.315 e. The SMILES string of the molecule is CCOc1ccc(-c2ccc(O)c3c2C[C@@]2(C)C[C@@]4(C)[C@H](N(C)C)C(=O)C(C(N)=O)C(=O)[C@@]4(O)C(=O)C2C3=O)cc1CNC(=O)NC(C)(C)C. The number of hydrogen-bond donors (Lipinski definition) is 5. The molecule has 0 aromatic heterocycles. The van der Waals surface area contributed by atoms with E-state index in [1.807, 2.05) is 33.8 Å². The van der Waals surface area contributed by atoms with Gasteiger partial charge in [-0.05, 0) is 94.9 Å². The van der Waals surface area contributed by atoms with Gasteiger partial charge in [-0.25, -0.2) is 4.79 Å². The summed E-state index contributed by atoms with van der Waals surface area (Å²) in [6.45, 7) is 11.1. The molecule has 0 radical (unpaired) electrons. The number of likely N-dealkylation sites (N-methyl/N-ethyl adjacent to an activating group) is 1. The first-order valence-electron chi connectivity index (χ1n) is 16.6. The van der Waals surface area contributed by atoms with Crippen LogP contribution in [-0.2, 0) is 32.1 Å². The zero-order valence-electron chi connectivity index (χ0n) is 29.7. The van der Waals surface area contributed by atoms with Gasteiger partial charge in [0.1, 0.15) is 11.5 Å². The number of phenolic OH excluding ortho intramolecular Hbond substituents is 1. The molecule has 6 atom stereocenters. The number of phenols is 1. The molecule has 6 N–H and O–H groups in total. The molecule has 2 fully saturated rings. The first kappa shape index (κ1) is 36.7. The van der Waals surface area contributed by atoms with Crippen LogP contribution in [0.1, 0.15) is 69.4 Å². The number of ketones is 4. The van der Waals surface area contributed by atoms with E-state index in [-0.39, 0.29) is 36.7 Å². The zero-order valence-corrected chi connectivity index (χ0v) is 29.7. The summed E-state index contributed by atoms with van der Waals surface area (Å²) in [6.07, 6.45) is -0.0588. The first-order valence-corrected chi connectivity index (χ1v) is 16.6. The Bertz CT molecular complexity index is 1830. The van der Waals surface area contributed by atoms with Crippen LogP contribution >= 0.6 is 0 Å². The highest BCUT2D eigenvalue weighted by molar-refractivity contribution is 6.33. The van der Waals surface area contributed by atoms with Gasteiger partial charge in [-0.15, -0.1) is 0 Å². The Morgan fingerprint density at radius 1 is 1.06 bits per heavy atom. The van der Waals surface area contributed by atoms with Gasteiger partial charge in [0.05, 0.1) is 24.1 Å². The van der Waals surface area contributed by atoms with Gasteiger partial charge < -0.3 is 31.3 Å². The zero-order chi connectivity index (χ0) is 37.3. The number of carbonyl (C=O) groups is 6. The number of carbonyl (C=O) groups excluding carboxylic acids is 6. The summed E-state index contributed by atoms with van der Waals surface area (Å²) in [7, 11) is 3.09. The van der Waals surface area contributed by atoms with E-state index in [9.17, 15) is 39.0 Å². The monoisotopic (exact) mass is 690 g/mol. The molecule has 13 nitrogen and oxygen atoms in total. The standard InChI is InChI=1S/C37H46N4O9/c1-9-50-23-13-10-18(14-19(23)16-39-33(48)40-34(2,3)4)20-11-12-22(42)24-21(20)15-35(5)17-36(6)29(41(7)8)28(44)25(32(38)47)30(45)37(36,49)31(46)26(35)27(24)43/h10-14,25-26,29,42,49H,9,15-17H2,1-8H3,(H2,38,47)(H2,39,40,48)/t25?,26?,29-,35+,36+,37-/m1/s1. The fourth-order valence-corrected chi connectivity index (χ4v) is 8.73. The predicted molar refractivity (Wildman–Crippen MR) is 182 cm³/mol. The fraction of sp³-hybridized carbons (Fsp3) is 0.514. The molecular formula is C37H46N4O9. The lowest BCUT2D eigenvalue weighted by Gasteiger charge is -2.61. The van der Waals surface area contributed by atoms with E-state index in [2.05, 4.69) is 10.6 Å². The number of urea groups is 1. The van der Waals surface area contributed by atoms with Gasteiger partial charge in [0.25, 0.3) is 0 Å². The minimum Gasteiger partial charge on any atom is -0.507 e. The number of primary amides is 1. The van der Waals surface area contributed by atoms with Gasteiger partial charge in [-0.2, -0.15) is 0 Å². The molecule has 2 unspecified atom stereocenters. The summed E-state index contributed by atoms with van der Waals surface area (Å²) in [5.41, 5.74) is 1.40. The van der Waals surface area contributed by atoms with E-state index in [0.29, 0.717) is 34.6 Å². The van der Waals surface area contributed by atoms with Crippen molar-refractivity contribution in [2.75, 3.05) is 20.7 Å². The van der Waals surface area contributed by atoms with Gasteiger partial charge in [0.15, 0.2) is 34.7 Å². The van der Waals surface area contributed by atoms with Crippen LogP contribution in [-0.4, -0.2) is 88.1 Å². The number of nitrogens with two attached hydrogens (primary N) is 1. The molecule has 0 heterocycles. The average molecular weight is 691 g/mol. The van der Waals surface area contributed by atoms with Crippen molar-refractivity contribution in [2.24, 2.45) is 28.4 Å². The molecule has 0 aliphatic heterocycles. The van der Waals surface area contributed by atoms with E-state index in [0.717, 1.165) is 0 Å². The molecule has 0 spiro atoms. The van der Waals surface area contributed by atoms with Gasteiger partial charge in [0.2, 0.25) is 5.91 Å². The van der Waals surface area contributed by atoms with Crippen LogP contribution in [0.2, 0.25) is 0 Å². The fourth-order valence-electron chi connectivity index (χ4n) is 8.73. The molecule has 2 aromatic rings. The number of nitrogens with zero attached hydrogens (tertiary/aromatic N) is 1. The molecule has 2 aromatic carbocycles. The quantitative estimate of drug-likeness (QED) is 0.268. The Balaban J connectivity index is 1.63. The molecule has 50 heavy (non-hydrogen) atoms. The number of aliphatic hydroxyl groups is 1. The third-order valence-electron chi connectivity index (χ3n) is 10.5. The number of nitrogens with one attached hydrogen (secondary N) is 2. The number of benzene rings is 2. The Hall–Kier alpha value is -4.62. The van der Waals surface area contributed by atoms with Crippen molar-refractivity contribution >= 4 is 35.1 Å². The van der Waals surface area contributed by atoms with Crippen LogP contribution in [0.5, 0.6) is 11.5 Å². The lowest BCUT2D eigenvalue weighted by Crippen LogP contribution is -2.79. The lowest BCUT2D eigenvalue weighted by atomic mass is 9.42. The maximum absolute atomic E-state index is 14.5. The molecule has 268 valence electrons. The highest BCUT2D eigenvalue weighted by Gasteiger charge is 2.76. The van der Waals surface area contributed by atoms with Crippen molar-refractivity contribution in [3.05, 3.63) is 47.0 Å². The van der Waals surface area contributed by atoms with E-state index in [4.69, 9.17) is 10.5 Å². The number of hydrogen-bond acceptors (Lipinski definition) is 10. The van der Waals surface area contributed by atoms with Gasteiger partial charge >= 0.3 is 6.03 Å². The van der Waals surface area contributed by atoms with Crippen LogP contribution in [0.25, 0.3) is 11.1 Å². The Labute approximate surface area is 290 Å². The molecule has 3 amide bonds. The summed E-state index contributed by atoms with van der Waals surface area (Å²) in [5, 5.41) is 29.0. The highest BCUT2D eigenvalue weighted by atomic mass is 16.5. The second kappa shape index (κ2) is 12.3. The lowest BCUT2D eigenvalue weighted by molar-refractivity contribution is -0.203. The number of aromatic hydroxyl groups is 1. The van der Waals surface area contributed by atoms with Crippen LogP contribution < -0.4 is 21.1 Å². The minimum atomic E-state index is -2.88. The van der Waals surface area contributed by atoms with Crippen molar-refractivity contribution in [1.29, 1.82) is 0 Å².